The Morgan fingerprint density at radius 3 is 3.00 bits per heavy atom. The van der Waals surface area contributed by atoms with E-state index in [9.17, 15) is 0 Å². The number of anilines is 1. The van der Waals surface area contributed by atoms with Crippen molar-refractivity contribution in [2.45, 2.75) is 26.1 Å². The third-order valence-electron chi connectivity index (χ3n) is 2.25. The normalized spacial score (nSPS) is 17.3. The molecule has 0 fully saturated rings. The fraction of sp³-hybridized carbons (Fsp3) is 0.308. The van der Waals surface area contributed by atoms with Gasteiger partial charge in [-0.25, -0.2) is 0 Å². The molecule has 2 nitrogen and oxygen atoms in total. The maximum absolute atomic E-state index is 7.92. The highest BCUT2D eigenvalue weighted by Crippen LogP contribution is 2.29. The highest BCUT2D eigenvalue weighted by atomic mass is 35.5. The van der Waals surface area contributed by atoms with Crippen LogP contribution in [-0.2, 0) is 5.41 Å². The smallest absolute Gasteiger partial charge is 0.0708 e. The second kappa shape index (κ2) is 3.63. The van der Waals surface area contributed by atoms with E-state index in [4.69, 9.17) is 24.2 Å². The van der Waals surface area contributed by atoms with Crippen LogP contribution in [-0.4, -0.2) is 4.98 Å². The Bertz CT molecular complexity index is 725. The number of nitrogens with zero attached hydrogens (tertiary/aromatic N) is 1. The Hall–Kier alpha value is -1.28. The minimum Gasteiger partial charge on any atom is -0.397 e. The molecular weight excluding hydrogens is 220 g/mol. The third-order valence-corrected chi connectivity index (χ3v) is 2.46. The monoisotopic (exact) mass is 239 g/mol. The minimum atomic E-state index is -2.28. The molecule has 1 aromatic heterocycles. The number of aromatic nitrogens is 1. The van der Waals surface area contributed by atoms with Crippen LogP contribution in [0.25, 0.3) is 10.9 Å². The second-order valence-corrected chi connectivity index (χ2v) is 4.59. The zero-order valence-corrected chi connectivity index (χ0v) is 9.81. The first-order valence-electron chi connectivity index (χ1n) is 7.33. The van der Waals surface area contributed by atoms with Crippen LogP contribution < -0.4 is 5.73 Å². The Balaban J connectivity index is 2.81. The molecule has 0 saturated heterocycles. The first-order chi connectivity index (χ1) is 9.46. The SMILES string of the molecule is [2H]c1cc2nc(C(C)(C)C([2H])([2H])[2H])c(N)cc2c([2H])c1Cl. The van der Waals surface area contributed by atoms with E-state index in [1.54, 1.807) is 13.8 Å². The van der Waals surface area contributed by atoms with Gasteiger partial charge in [-0.05, 0) is 24.2 Å². The molecule has 0 radical (unpaired) electrons. The van der Waals surface area contributed by atoms with Crippen LogP contribution in [0, 0.1) is 0 Å². The highest BCUT2D eigenvalue weighted by molar-refractivity contribution is 6.31. The summed E-state index contributed by atoms with van der Waals surface area (Å²) in [5, 5.41) is 0.421. The number of benzene rings is 1. The van der Waals surface area contributed by atoms with Gasteiger partial charge in [-0.2, -0.15) is 0 Å². The van der Waals surface area contributed by atoms with Crippen molar-refractivity contribution in [1.29, 1.82) is 0 Å². The number of pyridine rings is 1. The number of hydrogen-bond acceptors (Lipinski definition) is 2. The molecule has 1 aromatic carbocycles. The lowest BCUT2D eigenvalue weighted by Gasteiger charge is -2.20. The summed E-state index contributed by atoms with van der Waals surface area (Å²) in [5.41, 5.74) is 5.48. The van der Waals surface area contributed by atoms with E-state index in [-0.39, 0.29) is 28.5 Å². The first-order valence-corrected chi connectivity index (χ1v) is 5.21. The predicted molar refractivity (Wildman–Crippen MR) is 69.9 cm³/mol. The molecule has 0 spiro atoms. The molecule has 0 aliphatic carbocycles. The predicted octanol–water partition coefficient (Wildman–Crippen LogP) is 3.77. The number of nitrogens with two attached hydrogens (primary N) is 1. The van der Waals surface area contributed by atoms with E-state index in [0.29, 0.717) is 10.9 Å². The third kappa shape index (κ3) is 1.98. The summed E-state index contributed by atoms with van der Waals surface area (Å²) < 4.78 is 38.5. The van der Waals surface area contributed by atoms with Gasteiger partial charge in [0, 0.05) is 19.9 Å². The van der Waals surface area contributed by atoms with Gasteiger partial charge in [0.2, 0.25) is 0 Å². The average Bonchev–Trinajstić information content (AvgIpc) is 2.35. The number of hydrogen-bond donors (Lipinski definition) is 1. The van der Waals surface area contributed by atoms with Gasteiger partial charge in [0.1, 0.15) is 0 Å². The summed E-state index contributed by atoms with van der Waals surface area (Å²) in [6.45, 7) is 0.815. The second-order valence-electron chi connectivity index (χ2n) is 4.21. The van der Waals surface area contributed by atoms with Gasteiger partial charge in [-0.15, -0.1) is 0 Å². The summed E-state index contributed by atoms with van der Waals surface area (Å²) in [4.78, 5) is 4.29. The molecule has 84 valence electrons. The van der Waals surface area contributed by atoms with E-state index < -0.39 is 12.3 Å². The van der Waals surface area contributed by atoms with Gasteiger partial charge in [0.15, 0.2) is 0 Å². The van der Waals surface area contributed by atoms with E-state index in [0.717, 1.165) is 0 Å². The van der Waals surface area contributed by atoms with E-state index in [2.05, 4.69) is 4.98 Å². The van der Waals surface area contributed by atoms with E-state index in [1.165, 1.54) is 12.1 Å². The molecular formula is C13H15ClN2. The highest BCUT2D eigenvalue weighted by Gasteiger charge is 2.19. The average molecular weight is 240 g/mol. The van der Waals surface area contributed by atoms with Gasteiger partial charge < -0.3 is 5.73 Å². The summed E-state index contributed by atoms with van der Waals surface area (Å²) >= 11 is 5.88. The lowest BCUT2D eigenvalue weighted by Crippen LogP contribution is -2.16. The molecule has 0 amide bonds. The Morgan fingerprint density at radius 2 is 2.31 bits per heavy atom. The lowest BCUT2D eigenvalue weighted by molar-refractivity contribution is 0.574. The molecule has 1 heterocycles. The van der Waals surface area contributed by atoms with Crippen molar-refractivity contribution in [1.82, 2.24) is 4.98 Å². The van der Waals surface area contributed by atoms with Gasteiger partial charge in [0.05, 0.1) is 19.6 Å². The minimum absolute atomic E-state index is 0.0199. The quantitative estimate of drug-likeness (QED) is 0.760. The zero-order chi connectivity index (χ0) is 16.2. The summed E-state index contributed by atoms with van der Waals surface area (Å²) in [6.07, 6.45) is 0. The Morgan fingerprint density at radius 1 is 1.56 bits per heavy atom. The van der Waals surface area contributed by atoms with Gasteiger partial charge in [-0.1, -0.05) is 32.3 Å². The van der Waals surface area contributed by atoms with Crippen molar-refractivity contribution in [2.75, 3.05) is 5.73 Å². The van der Waals surface area contributed by atoms with Crippen LogP contribution in [0.15, 0.2) is 24.2 Å². The molecule has 0 bridgehead atoms. The van der Waals surface area contributed by atoms with Gasteiger partial charge in [0.25, 0.3) is 0 Å². The summed E-state index contributed by atoms with van der Waals surface area (Å²) in [7, 11) is 0. The van der Waals surface area contributed by atoms with Gasteiger partial charge >= 0.3 is 0 Å². The molecule has 2 N–H and O–H groups in total. The number of fused-ring (bicyclic) bond motifs is 1. The molecule has 0 saturated carbocycles. The summed E-state index contributed by atoms with van der Waals surface area (Å²) in [5.74, 6) is 0. The maximum atomic E-state index is 7.92. The molecule has 16 heavy (non-hydrogen) atoms. The molecule has 0 aliphatic heterocycles. The first kappa shape index (κ1) is 6.45. The Labute approximate surface area is 107 Å². The fourth-order valence-electron chi connectivity index (χ4n) is 1.54. The van der Waals surface area contributed by atoms with Crippen LogP contribution in [0.4, 0.5) is 5.69 Å². The van der Waals surface area contributed by atoms with Crippen LogP contribution in [0.3, 0.4) is 0 Å². The van der Waals surface area contributed by atoms with Crippen molar-refractivity contribution in [2.24, 2.45) is 0 Å². The van der Waals surface area contributed by atoms with Crippen molar-refractivity contribution in [3.8, 4) is 0 Å². The van der Waals surface area contributed by atoms with Gasteiger partial charge in [-0.3, -0.25) is 4.98 Å². The zero-order valence-electron chi connectivity index (χ0n) is 14.1. The van der Waals surface area contributed by atoms with Crippen molar-refractivity contribution in [3.05, 3.63) is 34.9 Å². The molecule has 0 unspecified atom stereocenters. The van der Waals surface area contributed by atoms with Crippen LogP contribution >= 0.6 is 11.6 Å². The molecule has 0 aliphatic rings. The standard InChI is InChI=1S/C13H15ClN2/c1-13(2,3)12-10(15)7-8-6-9(14)4-5-11(8)16-12/h4-7H,15H2,1-3H3/i1D3,4D,6D. The molecule has 0 atom stereocenters. The molecule has 2 aromatic rings. The van der Waals surface area contributed by atoms with Crippen molar-refractivity contribution >= 4 is 28.2 Å². The maximum Gasteiger partial charge on any atom is 0.0708 e. The summed E-state index contributed by atoms with van der Waals surface area (Å²) in [6, 6.07) is 2.85. The number of halogens is 1. The van der Waals surface area contributed by atoms with Crippen LogP contribution in [0.1, 0.15) is 33.2 Å². The fourth-order valence-corrected chi connectivity index (χ4v) is 1.70. The number of rotatable bonds is 0. The Kier molecular flexibility index (Phi) is 1.47. The van der Waals surface area contributed by atoms with E-state index >= 15 is 0 Å². The van der Waals surface area contributed by atoms with E-state index in [1.807, 2.05) is 0 Å². The van der Waals surface area contributed by atoms with Crippen LogP contribution in [0.5, 0.6) is 0 Å². The van der Waals surface area contributed by atoms with Crippen molar-refractivity contribution < 1.29 is 6.85 Å². The molecule has 3 heteroatoms. The number of nitrogen functional groups attached to an aromatic ring is 1. The van der Waals surface area contributed by atoms with Crippen LogP contribution in [0.2, 0.25) is 5.02 Å². The molecule has 2 rings (SSSR count). The topological polar surface area (TPSA) is 38.9 Å². The largest absolute Gasteiger partial charge is 0.397 e. The van der Waals surface area contributed by atoms with Crippen molar-refractivity contribution in [3.63, 3.8) is 0 Å². The lowest BCUT2D eigenvalue weighted by atomic mass is 9.90.